The maximum absolute atomic E-state index is 4.46. The molecule has 1 aliphatic heterocycles. The smallest absolute Gasteiger partial charge is 0.0924 e. The molecule has 2 aromatic rings. The standard InChI is InChI=1S/C17H23N3/c1-17(2,3)13-8-6-12(7-9-13)15-11-16(20-19-15)14-5-4-10-18-14/h6-9,11,14,18H,4-5,10H2,1-3H3,(H,19,20). The summed E-state index contributed by atoms with van der Waals surface area (Å²) in [6.45, 7) is 7.82. The molecule has 3 rings (SSSR count). The lowest BCUT2D eigenvalue weighted by Crippen LogP contribution is -2.12. The Bertz CT molecular complexity index is 569. The lowest BCUT2D eigenvalue weighted by molar-refractivity contribution is 0.590. The lowest BCUT2D eigenvalue weighted by Gasteiger charge is -2.18. The molecule has 0 spiro atoms. The Morgan fingerprint density at radius 3 is 2.50 bits per heavy atom. The highest BCUT2D eigenvalue weighted by Gasteiger charge is 2.19. The molecule has 3 heteroatoms. The van der Waals surface area contributed by atoms with Crippen LogP contribution in [0.15, 0.2) is 30.3 Å². The highest BCUT2D eigenvalue weighted by molar-refractivity contribution is 5.60. The Kier molecular flexibility index (Phi) is 3.38. The van der Waals surface area contributed by atoms with Crippen molar-refractivity contribution in [3.05, 3.63) is 41.6 Å². The monoisotopic (exact) mass is 269 g/mol. The zero-order valence-electron chi connectivity index (χ0n) is 12.5. The summed E-state index contributed by atoms with van der Waals surface area (Å²) in [6.07, 6.45) is 2.45. The van der Waals surface area contributed by atoms with Gasteiger partial charge in [0.1, 0.15) is 0 Å². The predicted molar refractivity (Wildman–Crippen MR) is 82.7 cm³/mol. The van der Waals surface area contributed by atoms with Crippen molar-refractivity contribution in [2.45, 2.75) is 45.1 Å². The normalized spacial score (nSPS) is 19.4. The Hall–Kier alpha value is -1.61. The summed E-state index contributed by atoms with van der Waals surface area (Å²) in [5.74, 6) is 0. The first kappa shape index (κ1) is 13.4. The van der Waals surface area contributed by atoms with Gasteiger partial charge >= 0.3 is 0 Å². The van der Waals surface area contributed by atoms with E-state index >= 15 is 0 Å². The van der Waals surface area contributed by atoms with Gasteiger partial charge in [-0.15, -0.1) is 0 Å². The highest BCUT2D eigenvalue weighted by atomic mass is 15.1. The molecule has 0 bridgehead atoms. The minimum absolute atomic E-state index is 0.197. The summed E-state index contributed by atoms with van der Waals surface area (Å²) in [7, 11) is 0. The molecule has 0 radical (unpaired) electrons. The maximum atomic E-state index is 4.46. The molecule has 2 heterocycles. The third kappa shape index (κ3) is 2.63. The second-order valence-electron chi connectivity index (χ2n) is 6.68. The van der Waals surface area contributed by atoms with Crippen molar-refractivity contribution in [3.8, 4) is 11.3 Å². The molecule has 0 saturated carbocycles. The van der Waals surface area contributed by atoms with Crippen molar-refractivity contribution in [1.82, 2.24) is 15.5 Å². The van der Waals surface area contributed by atoms with Gasteiger partial charge in [0.05, 0.1) is 11.4 Å². The Morgan fingerprint density at radius 2 is 1.90 bits per heavy atom. The van der Waals surface area contributed by atoms with Crippen LogP contribution >= 0.6 is 0 Å². The van der Waals surface area contributed by atoms with Crippen molar-refractivity contribution in [1.29, 1.82) is 0 Å². The minimum atomic E-state index is 0.197. The van der Waals surface area contributed by atoms with Crippen LogP contribution in [0.3, 0.4) is 0 Å². The van der Waals surface area contributed by atoms with Crippen molar-refractivity contribution in [2.24, 2.45) is 0 Å². The van der Waals surface area contributed by atoms with Crippen LogP contribution in [0, 0.1) is 0 Å². The molecule has 1 atom stereocenters. The Morgan fingerprint density at radius 1 is 1.15 bits per heavy atom. The molecule has 1 aromatic heterocycles. The van der Waals surface area contributed by atoms with Gasteiger partial charge in [-0.2, -0.15) is 5.10 Å². The molecule has 0 amide bonds. The lowest BCUT2D eigenvalue weighted by atomic mass is 9.86. The molecule has 20 heavy (non-hydrogen) atoms. The van der Waals surface area contributed by atoms with Gasteiger partial charge in [0, 0.05) is 11.6 Å². The van der Waals surface area contributed by atoms with Crippen LogP contribution in [-0.2, 0) is 5.41 Å². The van der Waals surface area contributed by atoms with Crippen molar-refractivity contribution >= 4 is 0 Å². The average Bonchev–Trinajstić information content (AvgIpc) is 3.09. The van der Waals surface area contributed by atoms with E-state index in [0.29, 0.717) is 6.04 Å². The van der Waals surface area contributed by atoms with E-state index in [-0.39, 0.29) is 5.41 Å². The summed E-state index contributed by atoms with van der Waals surface area (Å²) in [5.41, 5.74) is 4.97. The van der Waals surface area contributed by atoms with Crippen LogP contribution in [0.2, 0.25) is 0 Å². The molecule has 0 aliphatic carbocycles. The van der Waals surface area contributed by atoms with Crippen LogP contribution in [0.1, 0.15) is 50.9 Å². The van der Waals surface area contributed by atoms with Crippen LogP contribution < -0.4 is 5.32 Å². The van der Waals surface area contributed by atoms with Gasteiger partial charge in [0.15, 0.2) is 0 Å². The van der Waals surface area contributed by atoms with E-state index in [1.807, 2.05) is 0 Å². The first-order valence-electron chi connectivity index (χ1n) is 7.44. The van der Waals surface area contributed by atoms with Gasteiger partial charge in [0.2, 0.25) is 0 Å². The quantitative estimate of drug-likeness (QED) is 0.870. The van der Waals surface area contributed by atoms with Gasteiger partial charge < -0.3 is 5.32 Å². The Balaban J connectivity index is 1.82. The highest BCUT2D eigenvalue weighted by Crippen LogP contribution is 2.28. The first-order valence-corrected chi connectivity index (χ1v) is 7.44. The fraction of sp³-hybridized carbons (Fsp3) is 0.471. The van der Waals surface area contributed by atoms with Crippen LogP contribution in [0.5, 0.6) is 0 Å². The summed E-state index contributed by atoms with van der Waals surface area (Å²) >= 11 is 0. The van der Waals surface area contributed by atoms with Crippen LogP contribution in [0.4, 0.5) is 0 Å². The van der Waals surface area contributed by atoms with Crippen molar-refractivity contribution in [2.75, 3.05) is 6.54 Å². The zero-order valence-corrected chi connectivity index (χ0v) is 12.5. The zero-order chi connectivity index (χ0) is 14.2. The molecule has 106 valence electrons. The second kappa shape index (κ2) is 5.06. The molecule has 1 aliphatic rings. The fourth-order valence-electron chi connectivity index (χ4n) is 2.75. The number of aromatic amines is 1. The second-order valence-corrected chi connectivity index (χ2v) is 6.68. The van der Waals surface area contributed by atoms with Crippen LogP contribution in [0.25, 0.3) is 11.3 Å². The average molecular weight is 269 g/mol. The summed E-state index contributed by atoms with van der Waals surface area (Å²) in [5, 5.41) is 11.1. The number of nitrogens with one attached hydrogen (secondary N) is 2. The molecule has 2 N–H and O–H groups in total. The third-order valence-corrected chi connectivity index (χ3v) is 4.08. The predicted octanol–water partition coefficient (Wildman–Crippen LogP) is 3.80. The molecule has 1 aromatic carbocycles. The number of H-pyrrole nitrogens is 1. The van der Waals surface area contributed by atoms with Gasteiger partial charge in [-0.25, -0.2) is 0 Å². The minimum Gasteiger partial charge on any atom is -0.309 e. The SMILES string of the molecule is CC(C)(C)c1ccc(-c2cc(C3CCCN3)[nH]n2)cc1. The number of aromatic nitrogens is 2. The van der Waals surface area contributed by atoms with Crippen LogP contribution in [-0.4, -0.2) is 16.7 Å². The van der Waals surface area contributed by atoms with E-state index in [1.165, 1.54) is 29.7 Å². The fourth-order valence-corrected chi connectivity index (χ4v) is 2.75. The number of rotatable bonds is 2. The van der Waals surface area contributed by atoms with E-state index < -0.39 is 0 Å². The van der Waals surface area contributed by atoms with E-state index in [4.69, 9.17) is 0 Å². The summed E-state index contributed by atoms with van der Waals surface area (Å²) < 4.78 is 0. The first-order chi connectivity index (χ1) is 9.54. The van der Waals surface area contributed by atoms with E-state index in [2.05, 4.69) is 66.6 Å². The topological polar surface area (TPSA) is 40.7 Å². The number of benzene rings is 1. The van der Waals surface area contributed by atoms with Gasteiger partial charge in [-0.3, -0.25) is 5.10 Å². The molecular formula is C17H23N3. The maximum Gasteiger partial charge on any atom is 0.0924 e. The summed E-state index contributed by atoms with van der Waals surface area (Å²) in [4.78, 5) is 0. The molecular weight excluding hydrogens is 246 g/mol. The van der Waals surface area contributed by atoms with E-state index in [1.54, 1.807) is 0 Å². The van der Waals surface area contributed by atoms with Gasteiger partial charge in [-0.05, 0) is 36.4 Å². The number of hydrogen-bond donors (Lipinski definition) is 2. The molecule has 1 unspecified atom stereocenters. The Labute approximate surface area is 120 Å². The molecule has 3 nitrogen and oxygen atoms in total. The van der Waals surface area contributed by atoms with Gasteiger partial charge in [-0.1, -0.05) is 45.0 Å². The largest absolute Gasteiger partial charge is 0.309 e. The summed E-state index contributed by atoms with van der Waals surface area (Å²) in [6, 6.07) is 11.4. The third-order valence-electron chi connectivity index (χ3n) is 4.08. The number of hydrogen-bond acceptors (Lipinski definition) is 2. The number of nitrogens with zero attached hydrogens (tertiary/aromatic N) is 1. The van der Waals surface area contributed by atoms with Gasteiger partial charge in [0.25, 0.3) is 0 Å². The molecule has 1 saturated heterocycles. The van der Waals surface area contributed by atoms with E-state index in [9.17, 15) is 0 Å². The van der Waals surface area contributed by atoms with Crippen molar-refractivity contribution in [3.63, 3.8) is 0 Å². The molecule has 1 fully saturated rings. The van der Waals surface area contributed by atoms with Crippen molar-refractivity contribution < 1.29 is 0 Å². The van der Waals surface area contributed by atoms with E-state index in [0.717, 1.165) is 12.2 Å².